The Morgan fingerprint density at radius 3 is 2.25 bits per heavy atom. The van der Waals surface area contributed by atoms with E-state index in [0.29, 0.717) is 11.5 Å². The Bertz CT molecular complexity index is 654. The largest absolute Gasteiger partial charge is 0.478 e. The molecule has 0 saturated carbocycles. The highest BCUT2D eigenvalue weighted by molar-refractivity contribution is 9.10. The molecule has 2 rings (SSSR count). The van der Waals surface area contributed by atoms with Crippen molar-refractivity contribution < 1.29 is 14.6 Å². The highest BCUT2D eigenvalue weighted by atomic mass is 79.9. The van der Waals surface area contributed by atoms with Gasteiger partial charge in [0.05, 0.1) is 0 Å². The Morgan fingerprint density at radius 2 is 1.70 bits per heavy atom. The second kappa shape index (κ2) is 5.67. The molecule has 1 N–H and O–H groups in total. The summed E-state index contributed by atoms with van der Waals surface area (Å²) in [4.78, 5) is 11.3. The number of hydrogen-bond acceptors (Lipinski definition) is 2. The molecule has 2 aromatic rings. The van der Waals surface area contributed by atoms with Crippen LogP contribution < -0.4 is 4.74 Å². The van der Waals surface area contributed by atoms with Crippen LogP contribution in [0, 0.1) is 20.8 Å². The molecule has 0 aliphatic carbocycles. The summed E-state index contributed by atoms with van der Waals surface area (Å²) in [6.45, 7) is 5.79. The van der Waals surface area contributed by atoms with Crippen LogP contribution in [-0.2, 0) is 0 Å². The number of aromatic carboxylic acids is 1. The van der Waals surface area contributed by atoms with Crippen LogP contribution >= 0.6 is 15.9 Å². The maximum absolute atomic E-state index is 11.3. The van der Waals surface area contributed by atoms with Gasteiger partial charge in [0.1, 0.15) is 17.1 Å². The molecule has 0 saturated heterocycles. The normalized spacial score (nSPS) is 10.4. The third-order valence-corrected chi connectivity index (χ3v) is 4.25. The van der Waals surface area contributed by atoms with Gasteiger partial charge < -0.3 is 9.84 Å². The number of rotatable bonds is 3. The molecule has 0 aromatic heterocycles. The molecule has 104 valence electrons. The van der Waals surface area contributed by atoms with Gasteiger partial charge in [-0.2, -0.15) is 0 Å². The van der Waals surface area contributed by atoms with E-state index in [9.17, 15) is 9.90 Å². The molecule has 0 radical (unpaired) electrons. The van der Waals surface area contributed by atoms with Crippen LogP contribution in [0.15, 0.2) is 34.8 Å². The minimum Gasteiger partial charge on any atom is -0.478 e. The summed E-state index contributed by atoms with van der Waals surface area (Å²) in [5, 5.41) is 9.23. The van der Waals surface area contributed by atoms with Gasteiger partial charge in [-0.15, -0.1) is 0 Å². The molecule has 0 aliphatic rings. The van der Waals surface area contributed by atoms with Crippen LogP contribution in [0.5, 0.6) is 11.5 Å². The molecule has 2 aromatic carbocycles. The lowest BCUT2D eigenvalue weighted by atomic mass is 10.1. The second-order valence-corrected chi connectivity index (χ2v) is 5.57. The number of ether oxygens (including phenoxy) is 1. The average molecular weight is 335 g/mol. The lowest BCUT2D eigenvalue weighted by Crippen LogP contribution is -2.01. The van der Waals surface area contributed by atoms with Crippen LogP contribution in [0.4, 0.5) is 0 Å². The van der Waals surface area contributed by atoms with Crippen molar-refractivity contribution in [3.8, 4) is 11.5 Å². The quantitative estimate of drug-likeness (QED) is 0.871. The Morgan fingerprint density at radius 1 is 1.10 bits per heavy atom. The molecule has 0 atom stereocenters. The Kier molecular flexibility index (Phi) is 4.14. The van der Waals surface area contributed by atoms with E-state index in [-0.39, 0.29) is 5.56 Å². The summed E-state index contributed by atoms with van der Waals surface area (Å²) < 4.78 is 6.78. The third-order valence-electron chi connectivity index (χ3n) is 3.00. The van der Waals surface area contributed by atoms with E-state index < -0.39 is 5.97 Å². The molecular weight excluding hydrogens is 320 g/mol. The number of halogens is 1. The summed E-state index contributed by atoms with van der Waals surface area (Å²) in [5.41, 5.74) is 3.15. The number of carboxylic acid groups (broad SMARTS) is 1. The Labute approximate surface area is 126 Å². The second-order valence-electron chi connectivity index (χ2n) is 4.78. The zero-order valence-electron chi connectivity index (χ0n) is 11.5. The fourth-order valence-corrected chi connectivity index (χ4v) is 2.22. The Hall–Kier alpha value is -1.81. The molecule has 0 spiro atoms. The minimum absolute atomic E-state index is 0.170. The van der Waals surface area contributed by atoms with E-state index in [1.165, 1.54) is 0 Å². The van der Waals surface area contributed by atoms with Gasteiger partial charge >= 0.3 is 5.97 Å². The predicted octanol–water partition coefficient (Wildman–Crippen LogP) is 4.86. The SMILES string of the molecule is Cc1ccc(Oc2cc(C)c(Br)c(C)c2)c(C(=O)O)c1. The number of carbonyl (C=O) groups is 1. The zero-order chi connectivity index (χ0) is 14.9. The van der Waals surface area contributed by atoms with Crippen LogP contribution in [0.2, 0.25) is 0 Å². The molecular formula is C16H15BrO3. The van der Waals surface area contributed by atoms with Gasteiger partial charge in [0, 0.05) is 4.47 Å². The average Bonchev–Trinajstić information content (AvgIpc) is 2.37. The first-order valence-electron chi connectivity index (χ1n) is 6.17. The lowest BCUT2D eigenvalue weighted by Gasteiger charge is -2.12. The first kappa shape index (κ1) is 14.6. The van der Waals surface area contributed by atoms with Gasteiger partial charge in [-0.25, -0.2) is 4.79 Å². The van der Waals surface area contributed by atoms with Crippen molar-refractivity contribution in [1.29, 1.82) is 0 Å². The van der Waals surface area contributed by atoms with Gasteiger partial charge in [0.15, 0.2) is 0 Å². The maximum Gasteiger partial charge on any atom is 0.339 e. The molecule has 0 heterocycles. The van der Waals surface area contributed by atoms with Gasteiger partial charge in [0.2, 0.25) is 0 Å². The number of hydrogen-bond donors (Lipinski definition) is 1. The van der Waals surface area contributed by atoms with Crippen molar-refractivity contribution in [1.82, 2.24) is 0 Å². The van der Waals surface area contributed by atoms with Crippen molar-refractivity contribution in [2.24, 2.45) is 0 Å². The van der Waals surface area contributed by atoms with E-state index in [0.717, 1.165) is 21.2 Å². The fourth-order valence-electron chi connectivity index (χ4n) is 1.99. The highest BCUT2D eigenvalue weighted by Crippen LogP contribution is 2.31. The van der Waals surface area contributed by atoms with E-state index in [2.05, 4.69) is 15.9 Å². The van der Waals surface area contributed by atoms with Gasteiger partial charge in [0.25, 0.3) is 0 Å². The molecule has 0 aliphatic heterocycles. The minimum atomic E-state index is -0.991. The monoisotopic (exact) mass is 334 g/mol. The van der Waals surface area contributed by atoms with Crippen molar-refractivity contribution in [3.05, 3.63) is 57.1 Å². The van der Waals surface area contributed by atoms with E-state index in [1.807, 2.05) is 39.0 Å². The van der Waals surface area contributed by atoms with E-state index in [1.54, 1.807) is 12.1 Å². The fraction of sp³-hybridized carbons (Fsp3) is 0.188. The van der Waals surface area contributed by atoms with Gasteiger partial charge in [-0.3, -0.25) is 0 Å². The smallest absolute Gasteiger partial charge is 0.339 e. The van der Waals surface area contributed by atoms with Gasteiger partial charge in [-0.1, -0.05) is 27.6 Å². The predicted molar refractivity (Wildman–Crippen MR) is 81.8 cm³/mol. The number of carboxylic acids is 1. The molecule has 0 unspecified atom stereocenters. The first-order valence-corrected chi connectivity index (χ1v) is 6.96. The summed E-state index contributed by atoms with van der Waals surface area (Å²) in [6.07, 6.45) is 0. The molecule has 0 amide bonds. The van der Waals surface area contributed by atoms with Crippen LogP contribution in [0.3, 0.4) is 0 Å². The lowest BCUT2D eigenvalue weighted by molar-refractivity contribution is 0.0694. The van der Waals surface area contributed by atoms with E-state index in [4.69, 9.17) is 4.74 Å². The summed E-state index contributed by atoms with van der Waals surface area (Å²) in [7, 11) is 0. The maximum atomic E-state index is 11.3. The topological polar surface area (TPSA) is 46.5 Å². The third kappa shape index (κ3) is 3.02. The first-order chi connectivity index (χ1) is 9.38. The summed E-state index contributed by atoms with van der Waals surface area (Å²) in [5.74, 6) is -0.00645. The molecule has 4 heteroatoms. The number of benzene rings is 2. The standard InChI is InChI=1S/C16H15BrO3/c1-9-4-5-14(13(6-9)16(18)19)20-12-7-10(2)15(17)11(3)8-12/h4-8H,1-3H3,(H,18,19). The van der Waals surface area contributed by atoms with E-state index >= 15 is 0 Å². The van der Waals surface area contributed by atoms with Crippen LogP contribution in [0.1, 0.15) is 27.0 Å². The highest BCUT2D eigenvalue weighted by Gasteiger charge is 2.13. The molecule has 3 nitrogen and oxygen atoms in total. The van der Waals surface area contributed by atoms with Crippen LogP contribution in [-0.4, -0.2) is 11.1 Å². The van der Waals surface area contributed by atoms with Crippen molar-refractivity contribution >= 4 is 21.9 Å². The van der Waals surface area contributed by atoms with Crippen molar-refractivity contribution in [2.45, 2.75) is 20.8 Å². The zero-order valence-corrected chi connectivity index (χ0v) is 13.1. The Balaban J connectivity index is 2.42. The molecule has 0 fully saturated rings. The number of aryl methyl sites for hydroxylation is 3. The van der Waals surface area contributed by atoms with Crippen molar-refractivity contribution in [3.63, 3.8) is 0 Å². The van der Waals surface area contributed by atoms with Crippen molar-refractivity contribution in [2.75, 3.05) is 0 Å². The summed E-state index contributed by atoms with van der Waals surface area (Å²) in [6, 6.07) is 8.88. The molecule has 20 heavy (non-hydrogen) atoms. The molecule has 0 bridgehead atoms. The van der Waals surface area contributed by atoms with Crippen LogP contribution in [0.25, 0.3) is 0 Å². The van der Waals surface area contributed by atoms with Gasteiger partial charge in [-0.05, 0) is 56.2 Å². The summed E-state index contributed by atoms with van der Waals surface area (Å²) >= 11 is 3.50.